The first kappa shape index (κ1) is 17.3. The number of rotatable bonds is 5. The molecule has 5 nitrogen and oxygen atoms in total. The number of carbonyl (C=O) groups is 2. The maximum Gasteiger partial charge on any atom is 0.227 e. The monoisotopic (exact) mass is 358 g/mol. The highest BCUT2D eigenvalue weighted by Gasteiger charge is 2.35. The van der Waals surface area contributed by atoms with Crippen molar-refractivity contribution in [2.24, 2.45) is 5.92 Å². The number of methoxy groups -OCH3 is 1. The minimum absolute atomic E-state index is 0.0638. The zero-order chi connectivity index (χ0) is 17.8. The number of nitrogens with zero attached hydrogens (tertiary/aromatic N) is 1. The van der Waals surface area contributed by atoms with Crippen LogP contribution < -0.4 is 15.0 Å². The van der Waals surface area contributed by atoms with Gasteiger partial charge in [0.1, 0.15) is 5.75 Å². The van der Waals surface area contributed by atoms with E-state index in [9.17, 15) is 9.59 Å². The molecule has 1 saturated heterocycles. The molecule has 1 heterocycles. The lowest BCUT2D eigenvalue weighted by atomic mass is 10.1. The molecular formula is C19H19ClN2O3. The van der Waals surface area contributed by atoms with E-state index < -0.39 is 0 Å². The normalized spacial score (nSPS) is 16.8. The van der Waals surface area contributed by atoms with Crippen molar-refractivity contribution in [3.05, 3.63) is 59.1 Å². The van der Waals surface area contributed by atoms with E-state index in [2.05, 4.69) is 5.32 Å². The van der Waals surface area contributed by atoms with Gasteiger partial charge in [0.2, 0.25) is 11.8 Å². The van der Waals surface area contributed by atoms with Gasteiger partial charge in [0.25, 0.3) is 0 Å². The maximum absolute atomic E-state index is 12.4. The molecule has 0 spiro atoms. The van der Waals surface area contributed by atoms with Crippen molar-refractivity contribution < 1.29 is 14.3 Å². The topological polar surface area (TPSA) is 58.6 Å². The van der Waals surface area contributed by atoms with Gasteiger partial charge in [-0.25, -0.2) is 0 Å². The molecule has 1 aliphatic rings. The summed E-state index contributed by atoms with van der Waals surface area (Å²) in [6.07, 6.45) is 0.200. The van der Waals surface area contributed by atoms with E-state index in [1.807, 2.05) is 36.4 Å². The number of hydrogen-bond acceptors (Lipinski definition) is 3. The van der Waals surface area contributed by atoms with Crippen LogP contribution in [0.2, 0.25) is 5.02 Å². The van der Waals surface area contributed by atoms with Crippen LogP contribution in [-0.4, -0.2) is 25.5 Å². The molecule has 1 N–H and O–H groups in total. The molecule has 0 radical (unpaired) electrons. The lowest BCUT2D eigenvalue weighted by molar-refractivity contribution is -0.126. The van der Waals surface area contributed by atoms with Crippen LogP contribution in [0, 0.1) is 5.92 Å². The Labute approximate surface area is 151 Å². The molecule has 0 unspecified atom stereocenters. The highest BCUT2D eigenvalue weighted by molar-refractivity contribution is 6.31. The summed E-state index contributed by atoms with van der Waals surface area (Å²) in [4.78, 5) is 26.3. The standard InChI is InChI=1S/C19H19ClN2O3/c1-25-16-7-4-6-15(10-16)22-12-14(9-18(22)23)19(24)21-11-13-5-2-3-8-17(13)20/h2-8,10,14H,9,11-12H2,1H3,(H,21,24)/t14-/m0/s1. The molecule has 130 valence electrons. The fourth-order valence-electron chi connectivity index (χ4n) is 2.88. The second-order valence-electron chi connectivity index (χ2n) is 5.92. The van der Waals surface area contributed by atoms with Crippen LogP contribution in [0.3, 0.4) is 0 Å². The Hall–Kier alpha value is -2.53. The third-order valence-electron chi connectivity index (χ3n) is 4.27. The van der Waals surface area contributed by atoms with E-state index >= 15 is 0 Å². The van der Waals surface area contributed by atoms with Gasteiger partial charge in [-0.2, -0.15) is 0 Å². The Morgan fingerprint density at radius 3 is 2.84 bits per heavy atom. The smallest absolute Gasteiger partial charge is 0.227 e. The molecule has 6 heteroatoms. The lowest BCUT2D eigenvalue weighted by Crippen LogP contribution is -2.32. The van der Waals surface area contributed by atoms with Gasteiger partial charge >= 0.3 is 0 Å². The molecule has 25 heavy (non-hydrogen) atoms. The number of nitrogens with one attached hydrogen (secondary N) is 1. The van der Waals surface area contributed by atoms with Gasteiger partial charge in [0.15, 0.2) is 0 Å². The summed E-state index contributed by atoms with van der Waals surface area (Å²) in [5.74, 6) is 0.0999. The number of anilines is 1. The average Bonchev–Trinajstić information content (AvgIpc) is 3.03. The zero-order valence-corrected chi connectivity index (χ0v) is 14.6. The molecule has 0 bridgehead atoms. The number of ether oxygens (including phenoxy) is 1. The van der Waals surface area contributed by atoms with E-state index in [-0.39, 0.29) is 24.2 Å². The summed E-state index contributed by atoms with van der Waals surface area (Å²) in [6, 6.07) is 14.6. The van der Waals surface area contributed by atoms with E-state index in [1.165, 1.54) is 0 Å². The molecule has 0 aromatic heterocycles. The van der Waals surface area contributed by atoms with Crippen LogP contribution in [0.4, 0.5) is 5.69 Å². The predicted octanol–water partition coefficient (Wildman–Crippen LogP) is 3.02. The van der Waals surface area contributed by atoms with Crippen molar-refractivity contribution in [2.45, 2.75) is 13.0 Å². The Kier molecular flexibility index (Phi) is 5.24. The molecule has 1 atom stereocenters. The van der Waals surface area contributed by atoms with E-state index in [1.54, 1.807) is 24.1 Å². The molecule has 0 saturated carbocycles. The van der Waals surface area contributed by atoms with Gasteiger partial charge in [-0.15, -0.1) is 0 Å². The van der Waals surface area contributed by atoms with Crippen LogP contribution in [0.15, 0.2) is 48.5 Å². The van der Waals surface area contributed by atoms with Crippen molar-refractivity contribution in [3.63, 3.8) is 0 Å². The molecular weight excluding hydrogens is 340 g/mol. The quantitative estimate of drug-likeness (QED) is 0.893. The minimum Gasteiger partial charge on any atom is -0.497 e. The van der Waals surface area contributed by atoms with Gasteiger partial charge in [0.05, 0.1) is 13.0 Å². The third-order valence-corrected chi connectivity index (χ3v) is 4.64. The highest BCUT2D eigenvalue weighted by Crippen LogP contribution is 2.28. The molecule has 3 rings (SSSR count). The molecule has 2 aromatic rings. The molecule has 1 fully saturated rings. The fourth-order valence-corrected chi connectivity index (χ4v) is 3.08. The molecule has 2 aromatic carbocycles. The first-order valence-electron chi connectivity index (χ1n) is 8.04. The summed E-state index contributed by atoms with van der Waals surface area (Å²) in [6.45, 7) is 0.711. The summed E-state index contributed by atoms with van der Waals surface area (Å²) in [7, 11) is 1.58. The summed E-state index contributed by atoms with van der Waals surface area (Å²) < 4.78 is 5.19. The van der Waals surface area contributed by atoms with Gasteiger partial charge in [-0.05, 0) is 23.8 Å². The van der Waals surface area contributed by atoms with E-state index in [0.29, 0.717) is 23.9 Å². The zero-order valence-electron chi connectivity index (χ0n) is 13.9. The second kappa shape index (κ2) is 7.57. The fraction of sp³-hybridized carbons (Fsp3) is 0.263. The van der Waals surface area contributed by atoms with Gasteiger partial charge in [0, 0.05) is 36.3 Å². The third kappa shape index (κ3) is 3.94. The predicted molar refractivity (Wildman–Crippen MR) is 96.8 cm³/mol. The Morgan fingerprint density at radius 1 is 1.28 bits per heavy atom. The summed E-state index contributed by atoms with van der Waals surface area (Å²) in [5.41, 5.74) is 1.59. The average molecular weight is 359 g/mol. The van der Waals surface area contributed by atoms with Crippen LogP contribution in [0.25, 0.3) is 0 Å². The number of benzene rings is 2. The van der Waals surface area contributed by atoms with Crippen molar-refractivity contribution >= 4 is 29.1 Å². The van der Waals surface area contributed by atoms with E-state index in [4.69, 9.17) is 16.3 Å². The largest absolute Gasteiger partial charge is 0.497 e. The summed E-state index contributed by atoms with van der Waals surface area (Å²) >= 11 is 6.10. The molecule has 0 aliphatic carbocycles. The first-order valence-corrected chi connectivity index (χ1v) is 8.42. The number of amides is 2. The van der Waals surface area contributed by atoms with Gasteiger partial charge in [-0.3, -0.25) is 9.59 Å². The lowest BCUT2D eigenvalue weighted by Gasteiger charge is -2.17. The van der Waals surface area contributed by atoms with Crippen molar-refractivity contribution in [1.82, 2.24) is 5.32 Å². The SMILES string of the molecule is COc1cccc(N2C[C@@H](C(=O)NCc3ccccc3Cl)CC2=O)c1. The second-order valence-corrected chi connectivity index (χ2v) is 6.32. The Morgan fingerprint density at radius 2 is 2.08 bits per heavy atom. The van der Waals surface area contributed by atoms with Crippen molar-refractivity contribution in [1.29, 1.82) is 0 Å². The molecule has 2 amide bonds. The maximum atomic E-state index is 12.4. The van der Waals surface area contributed by atoms with Crippen molar-refractivity contribution in [3.8, 4) is 5.75 Å². The minimum atomic E-state index is -0.374. The van der Waals surface area contributed by atoms with Gasteiger partial charge < -0.3 is 15.0 Å². The number of halogens is 1. The Balaban J connectivity index is 1.63. The first-order chi connectivity index (χ1) is 12.1. The number of hydrogen-bond donors (Lipinski definition) is 1. The van der Waals surface area contributed by atoms with Gasteiger partial charge in [-0.1, -0.05) is 35.9 Å². The number of carbonyl (C=O) groups excluding carboxylic acids is 2. The van der Waals surface area contributed by atoms with Crippen LogP contribution in [0.5, 0.6) is 5.75 Å². The van der Waals surface area contributed by atoms with Crippen LogP contribution in [0.1, 0.15) is 12.0 Å². The molecule has 1 aliphatic heterocycles. The highest BCUT2D eigenvalue weighted by atomic mass is 35.5. The van der Waals surface area contributed by atoms with E-state index in [0.717, 1.165) is 11.3 Å². The van der Waals surface area contributed by atoms with Crippen molar-refractivity contribution in [2.75, 3.05) is 18.6 Å². The van der Waals surface area contributed by atoms with Crippen LogP contribution in [-0.2, 0) is 16.1 Å². The summed E-state index contributed by atoms with van der Waals surface area (Å²) in [5, 5.41) is 3.48. The van der Waals surface area contributed by atoms with Crippen LogP contribution >= 0.6 is 11.6 Å². The Bertz CT molecular complexity index is 794.